The number of hydrogen-bond acceptors (Lipinski definition) is 3. The monoisotopic (exact) mass is 287 g/mol. The van der Waals surface area contributed by atoms with E-state index in [1.54, 1.807) is 12.4 Å². The number of piperidine rings is 1. The number of aromatic nitrogens is 1. The molecule has 21 heavy (non-hydrogen) atoms. The molecule has 0 spiro atoms. The zero-order chi connectivity index (χ0) is 14.7. The lowest BCUT2D eigenvalue weighted by Gasteiger charge is -2.40. The minimum absolute atomic E-state index is 0.0198. The molecule has 1 aliphatic carbocycles. The Bertz CT molecular complexity index is 476. The van der Waals surface area contributed by atoms with Gasteiger partial charge in [-0.1, -0.05) is 12.8 Å². The van der Waals surface area contributed by atoms with Crippen LogP contribution in [0.1, 0.15) is 57.1 Å². The normalized spacial score (nSPS) is 30.2. The fourth-order valence-electron chi connectivity index (χ4n) is 3.75. The largest absolute Gasteiger partial charge is 0.348 e. The predicted molar refractivity (Wildman–Crippen MR) is 82.7 cm³/mol. The van der Waals surface area contributed by atoms with E-state index in [4.69, 9.17) is 0 Å². The number of pyridine rings is 1. The number of hydrogen-bond donors (Lipinski definition) is 2. The van der Waals surface area contributed by atoms with Crippen molar-refractivity contribution in [2.75, 3.05) is 0 Å². The molecule has 1 saturated carbocycles. The van der Waals surface area contributed by atoms with Gasteiger partial charge in [0.2, 0.25) is 5.91 Å². The van der Waals surface area contributed by atoms with Gasteiger partial charge in [0, 0.05) is 18.4 Å². The topological polar surface area (TPSA) is 54.0 Å². The van der Waals surface area contributed by atoms with Crippen LogP contribution in [0.5, 0.6) is 0 Å². The second-order valence-corrected chi connectivity index (χ2v) is 6.46. The van der Waals surface area contributed by atoms with E-state index in [1.165, 1.54) is 32.1 Å². The Labute approximate surface area is 126 Å². The lowest BCUT2D eigenvalue weighted by atomic mass is 9.77. The van der Waals surface area contributed by atoms with Crippen LogP contribution in [0, 0.1) is 5.92 Å². The Kier molecular flexibility index (Phi) is 4.54. The average Bonchev–Trinajstić information content (AvgIpc) is 2.55. The molecule has 0 aromatic carbocycles. The molecular formula is C17H25N3O. The van der Waals surface area contributed by atoms with Gasteiger partial charge in [-0.25, -0.2) is 0 Å². The summed E-state index contributed by atoms with van der Waals surface area (Å²) in [4.78, 5) is 16.5. The van der Waals surface area contributed by atoms with Crippen LogP contribution in [0.4, 0.5) is 0 Å². The van der Waals surface area contributed by atoms with Gasteiger partial charge < -0.3 is 10.6 Å². The molecule has 4 nitrogen and oxygen atoms in total. The van der Waals surface area contributed by atoms with E-state index < -0.39 is 0 Å². The molecule has 1 aromatic rings. The number of nitrogens with one attached hydrogen (secondary N) is 2. The van der Waals surface area contributed by atoms with Crippen LogP contribution in [0.25, 0.3) is 0 Å². The van der Waals surface area contributed by atoms with Gasteiger partial charge >= 0.3 is 0 Å². The third-order valence-electron chi connectivity index (χ3n) is 5.03. The van der Waals surface area contributed by atoms with Crippen molar-refractivity contribution in [1.29, 1.82) is 0 Å². The van der Waals surface area contributed by atoms with E-state index in [-0.39, 0.29) is 18.0 Å². The Balaban J connectivity index is 1.56. The van der Waals surface area contributed by atoms with Crippen molar-refractivity contribution < 1.29 is 4.79 Å². The second kappa shape index (κ2) is 6.56. The maximum Gasteiger partial charge on any atom is 0.237 e. The van der Waals surface area contributed by atoms with E-state index >= 15 is 0 Å². The zero-order valence-electron chi connectivity index (χ0n) is 12.7. The number of rotatable bonds is 3. The van der Waals surface area contributed by atoms with Gasteiger partial charge in [-0.2, -0.15) is 0 Å². The van der Waals surface area contributed by atoms with Crippen molar-refractivity contribution >= 4 is 5.91 Å². The molecule has 2 N–H and O–H groups in total. The Hall–Kier alpha value is -1.42. The highest BCUT2D eigenvalue weighted by atomic mass is 16.2. The molecular weight excluding hydrogens is 262 g/mol. The molecule has 2 aliphatic rings. The molecule has 3 unspecified atom stereocenters. The van der Waals surface area contributed by atoms with Crippen molar-refractivity contribution in [1.82, 2.24) is 15.6 Å². The summed E-state index contributed by atoms with van der Waals surface area (Å²) < 4.78 is 0. The average molecular weight is 287 g/mol. The predicted octanol–water partition coefficient (Wildman–Crippen LogP) is 2.57. The van der Waals surface area contributed by atoms with Crippen LogP contribution in [0.15, 0.2) is 24.5 Å². The fourth-order valence-corrected chi connectivity index (χ4v) is 3.75. The van der Waals surface area contributed by atoms with Crippen LogP contribution in [0.2, 0.25) is 0 Å². The third-order valence-corrected chi connectivity index (χ3v) is 5.03. The highest BCUT2D eigenvalue weighted by Gasteiger charge is 2.34. The van der Waals surface area contributed by atoms with Crippen molar-refractivity contribution in [3.05, 3.63) is 30.1 Å². The summed E-state index contributed by atoms with van der Waals surface area (Å²) in [5, 5.41) is 6.72. The van der Waals surface area contributed by atoms with Gasteiger partial charge in [-0.3, -0.25) is 9.78 Å². The van der Waals surface area contributed by atoms with Crippen molar-refractivity contribution in [3.63, 3.8) is 0 Å². The standard InChI is InChI=1S/C17H25N3O/c1-12(13-8-10-18-11-9-13)19-17(21)16-7-6-14-4-2-3-5-15(14)20-16/h8-12,14-16,20H,2-7H2,1H3,(H,19,21)/t12-,14?,15?,16?/m0/s1. The highest BCUT2D eigenvalue weighted by molar-refractivity contribution is 5.82. The van der Waals surface area contributed by atoms with Gasteiger partial charge in [-0.15, -0.1) is 0 Å². The van der Waals surface area contributed by atoms with Gasteiger partial charge in [0.05, 0.1) is 12.1 Å². The van der Waals surface area contributed by atoms with Crippen molar-refractivity contribution in [2.45, 2.75) is 63.6 Å². The fraction of sp³-hybridized carbons (Fsp3) is 0.647. The molecule has 4 heteroatoms. The molecule has 1 saturated heterocycles. The summed E-state index contributed by atoms with van der Waals surface area (Å²) in [5.74, 6) is 0.934. The first-order valence-corrected chi connectivity index (χ1v) is 8.20. The molecule has 1 amide bonds. The lowest BCUT2D eigenvalue weighted by Crippen LogP contribution is -2.55. The summed E-state index contributed by atoms with van der Waals surface area (Å²) in [7, 11) is 0. The van der Waals surface area contributed by atoms with Crippen molar-refractivity contribution in [3.8, 4) is 0 Å². The minimum Gasteiger partial charge on any atom is -0.348 e. The Morgan fingerprint density at radius 1 is 1.24 bits per heavy atom. The number of amides is 1. The van der Waals surface area contributed by atoms with Gasteiger partial charge in [0.25, 0.3) is 0 Å². The number of fused-ring (bicyclic) bond motifs is 1. The molecule has 1 aliphatic heterocycles. The van der Waals surface area contributed by atoms with E-state index in [9.17, 15) is 4.79 Å². The molecule has 0 radical (unpaired) electrons. The highest BCUT2D eigenvalue weighted by Crippen LogP contribution is 2.32. The number of carbonyl (C=O) groups is 1. The third kappa shape index (κ3) is 3.43. The Morgan fingerprint density at radius 2 is 2.00 bits per heavy atom. The molecule has 4 atom stereocenters. The molecule has 2 fully saturated rings. The van der Waals surface area contributed by atoms with Crippen LogP contribution < -0.4 is 10.6 Å². The summed E-state index contributed by atoms with van der Waals surface area (Å²) in [5.41, 5.74) is 1.10. The molecule has 1 aromatic heterocycles. The lowest BCUT2D eigenvalue weighted by molar-refractivity contribution is -0.125. The summed E-state index contributed by atoms with van der Waals surface area (Å²) in [6.45, 7) is 2.03. The molecule has 114 valence electrons. The van der Waals surface area contributed by atoms with Gasteiger partial charge in [0.15, 0.2) is 0 Å². The molecule has 2 heterocycles. The maximum atomic E-state index is 12.5. The van der Waals surface area contributed by atoms with Crippen molar-refractivity contribution in [2.24, 2.45) is 5.92 Å². The molecule has 0 bridgehead atoms. The minimum atomic E-state index is -0.0198. The van der Waals surface area contributed by atoms with E-state index in [0.717, 1.165) is 17.9 Å². The molecule has 3 rings (SSSR count). The van der Waals surface area contributed by atoms with E-state index in [2.05, 4.69) is 15.6 Å². The number of nitrogens with zero attached hydrogens (tertiary/aromatic N) is 1. The van der Waals surface area contributed by atoms with Crippen LogP contribution in [0.3, 0.4) is 0 Å². The SMILES string of the molecule is C[C@H](NC(=O)C1CCC2CCCCC2N1)c1ccncc1. The second-order valence-electron chi connectivity index (χ2n) is 6.46. The maximum absolute atomic E-state index is 12.5. The smallest absolute Gasteiger partial charge is 0.237 e. The Morgan fingerprint density at radius 3 is 2.81 bits per heavy atom. The van der Waals surface area contributed by atoms with Gasteiger partial charge in [0.1, 0.15) is 0 Å². The first kappa shape index (κ1) is 14.5. The summed E-state index contributed by atoms with van der Waals surface area (Å²) in [6.07, 6.45) is 10.9. The quantitative estimate of drug-likeness (QED) is 0.898. The van der Waals surface area contributed by atoms with E-state index in [0.29, 0.717) is 6.04 Å². The van der Waals surface area contributed by atoms with Crippen LogP contribution in [-0.2, 0) is 4.79 Å². The van der Waals surface area contributed by atoms with Crippen LogP contribution >= 0.6 is 0 Å². The summed E-state index contributed by atoms with van der Waals surface area (Å²) >= 11 is 0. The number of carbonyl (C=O) groups excluding carboxylic acids is 1. The van der Waals surface area contributed by atoms with Crippen LogP contribution in [-0.4, -0.2) is 23.0 Å². The zero-order valence-corrected chi connectivity index (χ0v) is 12.7. The van der Waals surface area contributed by atoms with Gasteiger partial charge in [-0.05, 0) is 56.2 Å². The first-order valence-electron chi connectivity index (χ1n) is 8.20. The summed E-state index contributed by atoms with van der Waals surface area (Å²) in [6, 6.07) is 4.48. The van der Waals surface area contributed by atoms with E-state index in [1.807, 2.05) is 19.1 Å². The first-order chi connectivity index (χ1) is 10.2.